The van der Waals surface area contributed by atoms with Gasteiger partial charge in [0.25, 0.3) is 0 Å². The number of hydrogen-bond donors (Lipinski definition) is 0. The zero-order valence-electron chi connectivity index (χ0n) is 12.8. The van der Waals surface area contributed by atoms with Gasteiger partial charge in [0.1, 0.15) is 42.0 Å². The highest BCUT2D eigenvalue weighted by atomic mass is 19.1. The second-order valence-corrected chi connectivity index (χ2v) is 5.01. The predicted octanol–water partition coefficient (Wildman–Crippen LogP) is 3.65. The highest BCUT2D eigenvalue weighted by Gasteiger charge is 2.14. The van der Waals surface area contributed by atoms with Gasteiger partial charge in [0.15, 0.2) is 0 Å². The van der Waals surface area contributed by atoms with Crippen LogP contribution in [-0.2, 0) is 18.0 Å². The monoisotopic (exact) mass is 331 g/mol. The lowest BCUT2D eigenvalue weighted by molar-refractivity contribution is 0.0424. The first-order chi connectivity index (χ1) is 11.6. The minimum atomic E-state index is -0.608. The van der Waals surface area contributed by atoms with Gasteiger partial charge in [0.2, 0.25) is 5.76 Å². The number of carbonyl (C=O) groups excluding carboxylic acids is 1. The summed E-state index contributed by atoms with van der Waals surface area (Å²) in [5.41, 5.74) is 0.521. The minimum absolute atomic E-state index is 0.00170. The summed E-state index contributed by atoms with van der Waals surface area (Å²) in [7, 11) is 0. The normalized spacial score (nSPS) is 10.6. The van der Waals surface area contributed by atoms with Gasteiger partial charge in [-0.05, 0) is 43.3 Å². The molecule has 0 N–H and O–H groups in total. The van der Waals surface area contributed by atoms with Crippen LogP contribution in [0.1, 0.15) is 27.8 Å². The molecule has 0 aliphatic heterocycles. The fourth-order valence-electron chi connectivity index (χ4n) is 1.95. The van der Waals surface area contributed by atoms with Crippen LogP contribution in [0, 0.1) is 12.7 Å². The first-order valence-electron chi connectivity index (χ1n) is 7.16. The predicted molar refractivity (Wildman–Crippen MR) is 79.8 cm³/mol. The summed E-state index contributed by atoms with van der Waals surface area (Å²) in [5.74, 6) is 0.699. The Bertz CT molecular complexity index is 822. The lowest BCUT2D eigenvalue weighted by Gasteiger charge is -2.03. The van der Waals surface area contributed by atoms with Crippen molar-refractivity contribution in [1.29, 1.82) is 0 Å². The number of rotatable bonds is 6. The third-order valence-electron chi connectivity index (χ3n) is 3.09. The Morgan fingerprint density at radius 3 is 2.67 bits per heavy atom. The van der Waals surface area contributed by atoms with Gasteiger partial charge < -0.3 is 18.4 Å². The van der Waals surface area contributed by atoms with Gasteiger partial charge in [-0.3, -0.25) is 0 Å². The molecule has 0 atom stereocenters. The van der Waals surface area contributed by atoms with Crippen LogP contribution in [-0.4, -0.2) is 11.1 Å². The SMILES string of the molecule is Cc1cc(COC(=O)c2ccc(COc3ccc(F)cc3)o2)no1. The van der Waals surface area contributed by atoms with E-state index >= 15 is 0 Å². The number of carbonyl (C=O) groups is 1. The molecule has 0 aliphatic rings. The van der Waals surface area contributed by atoms with Crippen LogP contribution < -0.4 is 4.74 Å². The average molecular weight is 331 g/mol. The molecule has 0 saturated heterocycles. The Hall–Kier alpha value is -3.09. The van der Waals surface area contributed by atoms with Crippen molar-refractivity contribution in [3.05, 3.63) is 71.3 Å². The Kier molecular flexibility index (Phi) is 4.60. The molecule has 0 bridgehead atoms. The van der Waals surface area contributed by atoms with E-state index in [9.17, 15) is 9.18 Å². The summed E-state index contributed by atoms with van der Waals surface area (Å²) in [4.78, 5) is 11.9. The lowest BCUT2D eigenvalue weighted by atomic mass is 10.3. The van der Waals surface area contributed by atoms with Crippen LogP contribution in [0.2, 0.25) is 0 Å². The molecule has 24 heavy (non-hydrogen) atoms. The fourth-order valence-corrected chi connectivity index (χ4v) is 1.95. The van der Waals surface area contributed by atoms with E-state index in [0.717, 1.165) is 0 Å². The largest absolute Gasteiger partial charge is 0.486 e. The number of hydrogen-bond acceptors (Lipinski definition) is 6. The minimum Gasteiger partial charge on any atom is -0.486 e. The zero-order chi connectivity index (χ0) is 16.9. The van der Waals surface area contributed by atoms with Crippen LogP contribution in [0.15, 0.2) is 51.4 Å². The van der Waals surface area contributed by atoms with Gasteiger partial charge >= 0.3 is 5.97 Å². The highest BCUT2D eigenvalue weighted by molar-refractivity contribution is 5.86. The van der Waals surface area contributed by atoms with Crippen molar-refractivity contribution in [3.63, 3.8) is 0 Å². The number of furan rings is 1. The van der Waals surface area contributed by atoms with Crippen molar-refractivity contribution < 1.29 is 27.6 Å². The lowest BCUT2D eigenvalue weighted by Crippen LogP contribution is -2.04. The molecule has 6 nitrogen and oxygen atoms in total. The molecule has 3 aromatic rings. The summed E-state index contributed by atoms with van der Waals surface area (Å²) in [6.07, 6.45) is 0. The van der Waals surface area contributed by atoms with E-state index in [2.05, 4.69) is 5.16 Å². The van der Waals surface area contributed by atoms with Crippen molar-refractivity contribution in [2.75, 3.05) is 0 Å². The van der Waals surface area contributed by atoms with Gasteiger partial charge in [-0.15, -0.1) is 0 Å². The van der Waals surface area contributed by atoms with E-state index in [1.165, 1.54) is 30.3 Å². The van der Waals surface area contributed by atoms with E-state index in [1.807, 2.05) is 0 Å². The molecule has 7 heteroatoms. The van der Waals surface area contributed by atoms with E-state index in [0.29, 0.717) is 23.0 Å². The maximum absolute atomic E-state index is 12.8. The molecule has 0 amide bonds. The number of nitrogens with zero attached hydrogens (tertiary/aromatic N) is 1. The standard InChI is InChI=1S/C17H14FNO5/c1-11-8-13(19-24-11)9-22-17(20)16-7-6-15(23-16)10-21-14-4-2-12(18)3-5-14/h2-8H,9-10H2,1H3. The van der Waals surface area contributed by atoms with Gasteiger partial charge in [-0.2, -0.15) is 0 Å². The number of halogens is 1. The number of aryl methyl sites for hydroxylation is 1. The van der Waals surface area contributed by atoms with Crippen LogP contribution in [0.25, 0.3) is 0 Å². The van der Waals surface area contributed by atoms with E-state index in [1.54, 1.807) is 19.1 Å². The number of aromatic nitrogens is 1. The summed E-state index contributed by atoms with van der Waals surface area (Å²) < 4.78 is 33.6. The summed E-state index contributed by atoms with van der Waals surface area (Å²) in [6.45, 7) is 1.86. The maximum atomic E-state index is 12.8. The molecule has 0 spiro atoms. The molecule has 2 aromatic heterocycles. The Balaban J connectivity index is 1.52. The second-order valence-electron chi connectivity index (χ2n) is 5.01. The third-order valence-corrected chi connectivity index (χ3v) is 3.09. The quantitative estimate of drug-likeness (QED) is 0.642. The first kappa shape index (κ1) is 15.8. The van der Waals surface area contributed by atoms with Crippen molar-refractivity contribution >= 4 is 5.97 Å². The summed E-state index contributed by atoms with van der Waals surface area (Å²) in [5, 5.41) is 3.73. The molecule has 0 radical (unpaired) electrons. The Morgan fingerprint density at radius 2 is 1.96 bits per heavy atom. The molecule has 0 unspecified atom stereocenters. The molecular formula is C17H14FNO5. The van der Waals surface area contributed by atoms with Gasteiger partial charge in [-0.1, -0.05) is 5.16 Å². The average Bonchev–Trinajstić information content (AvgIpc) is 3.21. The van der Waals surface area contributed by atoms with Crippen LogP contribution in [0.3, 0.4) is 0 Å². The number of benzene rings is 1. The van der Waals surface area contributed by atoms with Gasteiger partial charge in [0.05, 0.1) is 0 Å². The number of ether oxygens (including phenoxy) is 2. The van der Waals surface area contributed by atoms with Crippen LogP contribution in [0.4, 0.5) is 4.39 Å². The van der Waals surface area contributed by atoms with Crippen molar-refractivity contribution in [2.45, 2.75) is 20.1 Å². The van der Waals surface area contributed by atoms with Crippen molar-refractivity contribution in [1.82, 2.24) is 5.16 Å². The zero-order valence-corrected chi connectivity index (χ0v) is 12.8. The summed E-state index contributed by atoms with van der Waals surface area (Å²) in [6, 6.07) is 10.4. The Morgan fingerprint density at radius 1 is 1.17 bits per heavy atom. The Labute approximate surface area is 136 Å². The molecular weight excluding hydrogens is 317 g/mol. The number of esters is 1. The molecule has 0 saturated carbocycles. The molecule has 2 heterocycles. The molecule has 0 aliphatic carbocycles. The molecule has 0 fully saturated rings. The third kappa shape index (κ3) is 4.01. The van der Waals surface area contributed by atoms with Crippen molar-refractivity contribution in [2.24, 2.45) is 0 Å². The van der Waals surface area contributed by atoms with E-state index in [4.69, 9.17) is 18.4 Å². The topological polar surface area (TPSA) is 74.7 Å². The fraction of sp³-hybridized carbons (Fsp3) is 0.176. The van der Waals surface area contributed by atoms with Crippen molar-refractivity contribution in [3.8, 4) is 5.75 Å². The molecule has 1 aromatic carbocycles. The second kappa shape index (κ2) is 6.99. The van der Waals surface area contributed by atoms with Gasteiger partial charge in [-0.25, -0.2) is 9.18 Å². The van der Waals surface area contributed by atoms with Crippen LogP contribution >= 0.6 is 0 Å². The van der Waals surface area contributed by atoms with Crippen LogP contribution in [0.5, 0.6) is 5.75 Å². The van der Waals surface area contributed by atoms with E-state index < -0.39 is 5.97 Å². The smallest absolute Gasteiger partial charge is 0.374 e. The molecule has 3 rings (SSSR count). The highest BCUT2D eigenvalue weighted by Crippen LogP contribution is 2.16. The summed E-state index contributed by atoms with van der Waals surface area (Å²) >= 11 is 0. The van der Waals surface area contributed by atoms with Gasteiger partial charge in [0, 0.05) is 6.07 Å². The maximum Gasteiger partial charge on any atom is 0.374 e. The first-order valence-corrected chi connectivity index (χ1v) is 7.16. The van der Waals surface area contributed by atoms with E-state index in [-0.39, 0.29) is 24.8 Å². The molecule has 124 valence electrons.